The first-order valence-electron chi connectivity index (χ1n) is 6.74. The summed E-state index contributed by atoms with van der Waals surface area (Å²) in [7, 11) is -2.78. The van der Waals surface area contributed by atoms with Gasteiger partial charge in [-0.3, -0.25) is 0 Å². The minimum absolute atomic E-state index is 0.190. The molecule has 1 aliphatic heterocycles. The van der Waals surface area contributed by atoms with Crippen LogP contribution in [0.25, 0.3) is 0 Å². The monoisotopic (exact) mass is 259 g/mol. The van der Waals surface area contributed by atoms with Crippen molar-refractivity contribution in [2.75, 3.05) is 11.5 Å². The number of hydrogen-bond acceptors (Lipinski definition) is 3. The molecular weight excluding hydrogens is 234 g/mol. The van der Waals surface area contributed by atoms with Crippen molar-refractivity contribution in [1.29, 1.82) is 0 Å². The Bertz CT molecular complexity index is 375. The van der Waals surface area contributed by atoms with Gasteiger partial charge in [-0.1, -0.05) is 20.8 Å². The maximum Gasteiger partial charge on any atom is 0.151 e. The summed E-state index contributed by atoms with van der Waals surface area (Å²) >= 11 is 0. The van der Waals surface area contributed by atoms with E-state index in [-0.39, 0.29) is 6.04 Å². The molecule has 1 aliphatic carbocycles. The molecule has 0 aromatic rings. The summed E-state index contributed by atoms with van der Waals surface area (Å²) in [5.41, 5.74) is 0.407. The van der Waals surface area contributed by atoms with Gasteiger partial charge in [-0.05, 0) is 37.0 Å². The van der Waals surface area contributed by atoms with Crippen LogP contribution in [0.2, 0.25) is 0 Å². The van der Waals surface area contributed by atoms with Crippen LogP contribution in [0.5, 0.6) is 0 Å². The van der Waals surface area contributed by atoms with Gasteiger partial charge >= 0.3 is 0 Å². The molecule has 1 N–H and O–H groups in total. The maximum absolute atomic E-state index is 11.6. The van der Waals surface area contributed by atoms with Crippen LogP contribution in [0.15, 0.2) is 0 Å². The second-order valence-corrected chi connectivity index (χ2v) is 9.01. The largest absolute Gasteiger partial charge is 0.310 e. The fraction of sp³-hybridized carbons (Fsp3) is 1.00. The third-order valence-electron chi connectivity index (χ3n) is 4.25. The van der Waals surface area contributed by atoms with Crippen LogP contribution in [-0.4, -0.2) is 32.0 Å². The molecule has 0 radical (unpaired) electrons. The molecule has 0 aromatic carbocycles. The zero-order valence-electron chi connectivity index (χ0n) is 11.2. The molecule has 2 aliphatic rings. The van der Waals surface area contributed by atoms with Crippen molar-refractivity contribution in [3.8, 4) is 0 Å². The van der Waals surface area contributed by atoms with Gasteiger partial charge < -0.3 is 5.32 Å². The van der Waals surface area contributed by atoms with Crippen LogP contribution in [-0.2, 0) is 9.84 Å². The van der Waals surface area contributed by atoms with Gasteiger partial charge in [0.2, 0.25) is 0 Å². The van der Waals surface area contributed by atoms with Crippen molar-refractivity contribution in [2.45, 2.75) is 58.5 Å². The van der Waals surface area contributed by atoms with E-state index < -0.39 is 9.84 Å². The van der Waals surface area contributed by atoms with E-state index in [1.165, 1.54) is 12.8 Å². The molecule has 100 valence electrons. The molecule has 4 heteroatoms. The molecule has 3 atom stereocenters. The highest BCUT2D eigenvalue weighted by Gasteiger charge is 2.38. The smallest absolute Gasteiger partial charge is 0.151 e. The zero-order valence-corrected chi connectivity index (χ0v) is 12.0. The Hall–Kier alpha value is -0.0900. The van der Waals surface area contributed by atoms with E-state index in [2.05, 4.69) is 26.1 Å². The minimum Gasteiger partial charge on any atom is -0.310 e. The topological polar surface area (TPSA) is 46.2 Å². The van der Waals surface area contributed by atoms with Gasteiger partial charge in [-0.15, -0.1) is 0 Å². The van der Waals surface area contributed by atoms with Crippen LogP contribution in [0.1, 0.15) is 46.5 Å². The van der Waals surface area contributed by atoms with E-state index in [0.29, 0.717) is 28.9 Å². The van der Waals surface area contributed by atoms with Crippen LogP contribution in [0.4, 0.5) is 0 Å². The maximum atomic E-state index is 11.6. The standard InChI is InChI=1S/C13H25NO2S/c1-10-7-13(2,3)8-12(10)14-11-5-4-6-17(15,16)9-11/h10-12,14H,4-9H2,1-3H3. The first-order valence-corrected chi connectivity index (χ1v) is 8.56. The summed E-state index contributed by atoms with van der Waals surface area (Å²) in [6.07, 6.45) is 4.25. The van der Waals surface area contributed by atoms with E-state index in [1.807, 2.05) is 0 Å². The highest BCUT2D eigenvalue weighted by Crippen LogP contribution is 2.41. The fourth-order valence-electron chi connectivity index (χ4n) is 3.57. The van der Waals surface area contributed by atoms with E-state index in [1.54, 1.807) is 0 Å². The Kier molecular flexibility index (Phi) is 3.56. The molecule has 0 spiro atoms. The van der Waals surface area contributed by atoms with Crippen LogP contribution < -0.4 is 5.32 Å². The van der Waals surface area contributed by atoms with Crippen LogP contribution in [0, 0.1) is 11.3 Å². The Balaban J connectivity index is 1.93. The van der Waals surface area contributed by atoms with Gasteiger partial charge in [0.05, 0.1) is 11.5 Å². The van der Waals surface area contributed by atoms with Gasteiger partial charge in [-0.25, -0.2) is 8.42 Å². The number of nitrogens with one attached hydrogen (secondary N) is 1. The number of hydrogen-bond donors (Lipinski definition) is 1. The Morgan fingerprint density at radius 1 is 1.24 bits per heavy atom. The van der Waals surface area contributed by atoms with Gasteiger partial charge in [0, 0.05) is 12.1 Å². The molecule has 0 bridgehead atoms. The van der Waals surface area contributed by atoms with E-state index >= 15 is 0 Å². The van der Waals surface area contributed by atoms with Crippen molar-refractivity contribution < 1.29 is 8.42 Å². The average Bonchev–Trinajstić information content (AvgIpc) is 2.37. The molecule has 0 amide bonds. The molecule has 3 unspecified atom stereocenters. The molecule has 17 heavy (non-hydrogen) atoms. The fourth-order valence-corrected chi connectivity index (χ4v) is 5.22. The molecule has 2 fully saturated rings. The summed E-state index contributed by atoms with van der Waals surface area (Å²) in [6, 6.07) is 0.693. The predicted molar refractivity (Wildman–Crippen MR) is 70.8 cm³/mol. The molecule has 1 saturated carbocycles. The SMILES string of the molecule is CC1CC(C)(C)CC1NC1CCCS(=O)(=O)C1. The summed E-state index contributed by atoms with van der Waals surface area (Å²) < 4.78 is 23.2. The van der Waals surface area contributed by atoms with Crippen LogP contribution in [0.3, 0.4) is 0 Å². The predicted octanol–water partition coefficient (Wildman–Crippen LogP) is 1.98. The quantitative estimate of drug-likeness (QED) is 0.825. The second kappa shape index (κ2) is 4.54. The lowest BCUT2D eigenvalue weighted by molar-refractivity contribution is 0.348. The lowest BCUT2D eigenvalue weighted by Crippen LogP contribution is -2.46. The first kappa shape index (κ1) is 13.3. The Morgan fingerprint density at radius 2 is 1.94 bits per heavy atom. The van der Waals surface area contributed by atoms with Crippen molar-refractivity contribution in [3.05, 3.63) is 0 Å². The first-order chi connectivity index (χ1) is 7.77. The molecule has 3 nitrogen and oxygen atoms in total. The Morgan fingerprint density at radius 3 is 2.47 bits per heavy atom. The van der Waals surface area contributed by atoms with Gasteiger partial charge in [0.1, 0.15) is 0 Å². The third-order valence-corrected chi connectivity index (χ3v) is 6.07. The van der Waals surface area contributed by atoms with Crippen molar-refractivity contribution in [3.63, 3.8) is 0 Å². The van der Waals surface area contributed by atoms with Crippen molar-refractivity contribution in [2.24, 2.45) is 11.3 Å². The van der Waals surface area contributed by atoms with Gasteiger partial charge in [0.25, 0.3) is 0 Å². The van der Waals surface area contributed by atoms with E-state index in [0.717, 1.165) is 12.8 Å². The number of rotatable bonds is 2. The third kappa shape index (κ3) is 3.44. The average molecular weight is 259 g/mol. The lowest BCUT2D eigenvalue weighted by atomic mass is 9.91. The van der Waals surface area contributed by atoms with Crippen LogP contribution >= 0.6 is 0 Å². The summed E-state index contributed by atoms with van der Waals surface area (Å²) in [6.45, 7) is 6.90. The van der Waals surface area contributed by atoms with Gasteiger partial charge in [-0.2, -0.15) is 0 Å². The van der Waals surface area contributed by atoms with Gasteiger partial charge in [0.15, 0.2) is 9.84 Å². The highest BCUT2D eigenvalue weighted by atomic mass is 32.2. The zero-order chi connectivity index (χ0) is 12.7. The lowest BCUT2D eigenvalue weighted by Gasteiger charge is -2.28. The molecule has 1 heterocycles. The molecule has 1 saturated heterocycles. The van der Waals surface area contributed by atoms with Crippen molar-refractivity contribution >= 4 is 9.84 Å². The summed E-state index contributed by atoms with van der Waals surface area (Å²) in [5.74, 6) is 1.39. The highest BCUT2D eigenvalue weighted by molar-refractivity contribution is 7.91. The van der Waals surface area contributed by atoms with E-state index in [9.17, 15) is 8.42 Å². The summed E-state index contributed by atoms with van der Waals surface area (Å²) in [4.78, 5) is 0. The number of sulfone groups is 1. The minimum atomic E-state index is -2.78. The second-order valence-electron chi connectivity index (χ2n) is 6.78. The molecular formula is C13H25NO2S. The normalized spacial score (nSPS) is 40.3. The molecule has 0 aromatic heterocycles. The summed E-state index contributed by atoms with van der Waals surface area (Å²) in [5, 5.41) is 3.60. The van der Waals surface area contributed by atoms with Crippen molar-refractivity contribution in [1.82, 2.24) is 5.32 Å². The molecule has 2 rings (SSSR count). The van der Waals surface area contributed by atoms with E-state index in [4.69, 9.17) is 0 Å². The Labute approximate surface area is 105 Å².